The van der Waals surface area contributed by atoms with Crippen LogP contribution in [-0.4, -0.2) is 25.8 Å². The molecule has 0 aliphatic carbocycles. The van der Waals surface area contributed by atoms with E-state index in [0.29, 0.717) is 0 Å². The average Bonchev–Trinajstić information content (AvgIpc) is 2.65. The number of ether oxygens (including phenoxy) is 4. The van der Waals surface area contributed by atoms with Gasteiger partial charge in [-0.2, -0.15) is 0 Å². The summed E-state index contributed by atoms with van der Waals surface area (Å²) in [6.07, 6.45) is 6.16. The van der Waals surface area contributed by atoms with Crippen LogP contribution in [0.2, 0.25) is 0 Å². The van der Waals surface area contributed by atoms with Crippen LogP contribution in [0.1, 0.15) is 38.5 Å². The Bertz CT molecular complexity index is 614. The van der Waals surface area contributed by atoms with Crippen LogP contribution in [0.4, 0.5) is 0 Å². The van der Waals surface area contributed by atoms with Crippen LogP contribution in [0.5, 0.6) is 11.5 Å². The number of hydrogen-bond acceptors (Lipinski definition) is 4. The third kappa shape index (κ3) is 3.50. The monoisotopic (exact) mass is 328 g/mol. The van der Waals surface area contributed by atoms with Gasteiger partial charge >= 0.3 is 0 Å². The van der Waals surface area contributed by atoms with Gasteiger partial charge in [0.2, 0.25) is 0 Å². The van der Waals surface area contributed by atoms with Gasteiger partial charge in [0.1, 0.15) is 11.5 Å². The van der Waals surface area contributed by atoms with Crippen LogP contribution in [0.3, 0.4) is 0 Å². The molecule has 2 aromatic rings. The van der Waals surface area contributed by atoms with Gasteiger partial charge in [-0.1, -0.05) is 24.3 Å². The molecule has 0 aromatic heterocycles. The Morgan fingerprint density at radius 3 is 1.58 bits per heavy atom. The van der Waals surface area contributed by atoms with Gasteiger partial charge in [0.05, 0.1) is 13.2 Å². The second-order valence-electron chi connectivity index (χ2n) is 6.44. The molecule has 2 aromatic carbocycles. The van der Waals surface area contributed by atoms with E-state index in [2.05, 4.69) is 12.1 Å². The fraction of sp³-hybridized carbons (Fsp3) is 0.500. The Hall–Kier alpha value is -1.78. The zero-order chi connectivity index (χ0) is 16.2. The zero-order valence-electron chi connectivity index (χ0n) is 13.9. The van der Waals surface area contributed by atoms with Gasteiger partial charge in [-0.05, 0) is 37.8 Å². The molecular formula is C20H24O4. The predicted molar refractivity (Wildman–Crippen MR) is 92.4 cm³/mol. The molecule has 2 fully saturated rings. The number of rotatable bonds is 4. The van der Waals surface area contributed by atoms with Gasteiger partial charge in [-0.25, -0.2) is 0 Å². The third-order valence-electron chi connectivity index (χ3n) is 4.64. The molecule has 0 amide bonds. The van der Waals surface area contributed by atoms with Crippen molar-refractivity contribution in [2.75, 3.05) is 13.2 Å². The Morgan fingerprint density at radius 1 is 0.667 bits per heavy atom. The second kappa shape index (κ2) is 7.41. The first-order valence-corrected chi connectivity index (χ1v) is 8.98. The lowest BCUT2D eigenvalue weighted by molar-refractivity contribution is -0.106. The standard InChI is InChI=1S/C20H24O4/c1-2-8-16-15(7-1)17(23-19-9-3-5-13-21-19)11-12-18(16)24-20-10-4-6-14-22-20/h1-2,7-8,11-12,19-20H,3-6,9-10,13-14H2. The van der Waals surface area contributed by atoms with Crippen LogP contribution >= 0.6 is 0 Å². The molecule has 2 aliphatic heterocycles. The SMILES string of the molecule is c1ccc2c(OC3CCCCO3)ccc(OC3CCCCO3)c2c1. The van der Waals surface area contributed by atoms with Gasteiger partial charge in [0.25, 0.3) is 0 Å². The lowest BCUT2D eigenvalue weighted by Gasteiger charge is -2.26. The molecule has 4 nitrogen and oxygen atoms in total. The Morgan fingerprint density at radius 2 is 1.17 bits per heavy atom. The minimum absolute atomic E-state index is 0.143. The summed E-state index contributed by atoms with van der Waals surface area (Å²) in [4.78, 5) is 0. The molecule has 2 aliphatic rings. The molecule has 0 bridgehead atoms. The number of fused-ring (bicyclic) bond motifs is 1. The first-order valence-electron chi connectivity index (χ1n) is 8.98. The van der Waals surface area contributed by atoms with E-state index >= 15 is 0 Å². The first kappa shape index (κ1) is 15.7. The van der Waals surface area contributed by atoms with Crippen molar-refractivity contribution in [1.29, 1.82) is 0 Å². The largest absolute Gasteiger partial charge is 0.464 e. The second-order valence-corrected chi connectivity index (χ2v) is 6.44. The van der Waals surface area contributed by atoms with E-state index in [1.165, 1.54) is 0 Å². The average molecular weight is 328 g/mol. The van der Waals surface area contributed by atoms with E-state index in [1.807, 2.05) is 24.3 Å². The number of hydrogen-bond donors (Lipinski definition) is 0. The predicted octanol–water partition coefficient (Wildman–Crippen LogP) is 4.65. The van der Waals surface area contributed by atoms with Crippen LogP contribution in [0.25, 0.3) is 10.8 Å². The van der Waals surface area contributed by atoms with E-state index in [-0.39, 0.29) is 12.6 Å². The fourth-order valence-electron chi connectivity index (χ4n) is 3.34. The normalized spacial score (nSPS) is 24.7. The molecule has 128 valence electrons. The minimum atomic E-state index is -0.143. The molecule has 2 saturated heterocycles. The van der Waals surface area contributed by atoms with E-state index in [4.69, 9.17) is 18.9 Å². The fourth-order valence-corrected chi connectivity index (χ4v) is 3.34. The molecular weight excluding hydrogens is 304 g/mol. The van der Waals surface area contributed by atoms with Crippen LogP contribution in [-0.2, 0) is 9.47 Å². The molecule has 4 rings (SSSR count). The molecule has 2 heterocycles. The Labute approximate surface area is 142 Å². The summed E-state index contributed by atoms with van der Waals surface area (Å²) in [5, 5.41) is 2.11. The quantitative estimate of drug-likeness (QED) is 0.818. The summed E-state index contributed by atoms with van der Waals surface area (Å²) in [6, 6.07) is 12.2. The van der Waals surface area contributed by atoms with Crippen LogP contribution < -0.4 is 9.47 Å². The molecule has 4 heteroatoms. The maximum absolute atomic E-state index is 6.10. The van der Waals surface area contributed by atoms with Gasteiger partial charge in [-0.3, -0.25) is 0 Å². The van der Waals surface area contributed by atoms with Crippen molar-refractivity contribution < 1.29 is 18.9 Å². The van der Waals surface area contributed by atoms with Gasteiger partial charge in [-0.15, -0.1) is 0 Å². The van der Waals surface area contributed by atoms with Crippen molar-refractivity contribution in [2.24, 2.45) is 0 Å². The van der Waals surface area contributed by atoms with Crippen molar-refractivity contribution in [3.8, 4) is 11.5 Å². The zero-order valence-corrected chi connectivity index (χ0v) is 13.9. The minimum Gasteiger partial charge on any atom is -0.464 e. The molecule has 2 unspecified atom stereocenters. The van der Waals surface area contributed by atoms with E-state index in [0.717, 1.165) is 74.0 Å². The van der Waals surface area contributed by atoms with Crippen LogP contribution in [0, 0.1) is 0 Å². The van der Waals surface area contributed by atoms with Crippen molar-refractivity contribution in [1.82, 2.24) is 0 Å². The topological polar surface area (TPSA) is 36.9 Å². The molecule has 2 atom stereocenters. The number of benzene rings is 2. The summed E-state index contributed by atoms with van der Waals surface area (Å²) >= 11 is 0. The summed E-state index contributed by atoms with van der Waals surface area (Å²) in [6.45, 7) is 1.56. The maximum atomic E-state index is 6.10. The lowest BCUT2D eigenvalue weighted by atomic mass is 10.1. The van der Waals surface area contributed by atoms with E-state index in [1.54, 1.807) is 0 Å². The highest BCUT2D eigenvalue weighted by atomic mass is 16.7. The van der Waals surface area contributed by atoms with E-state index < -0.39 is 0 Å². The summed E-state index contributed by atoms with van der Waals surface area (Å²) in [7, 11) is 0. The summed E-state index contributed by atoms with van der Waals surface area (Å²) in [5.74, 6) is 1.71. The van der Waals surface area contributed by atoms with Gasteiger partial charge in [0.15, 0.2) is 12.6 Å². The van der Waals surface area contributed by atoms with Crippen molar-refractivity contribution in [3.63, 3.8) is 0 Å². The summed E-state index contributed by atoms with van der Waals surface area (Å²) < 4.78 is 23.6. The van der Waals surface area contributed by atoms with Gasteiger partial charge < -0.3 is 18.9 Å². The Kier molecular flexibility index (Phi) is 4.86. The van der Waals surface area contributed by atoms with Gasteiger partial charge in [0, 0.05) is 23.6 Å². The molecule has 0 spiro atoms. The highest BCUT2D eigenvalue weighted by molar-refractivity contribution is 5.93. The smallest absolute Gasteiger partial charge is 0.199 e. The summed E-state index contributed by atoms with van der Waals surface area (Å²) in [5.41, 5.74) is 0. The molecule has 0 N–H and O–H groups in total. The molecule has 24 heavy (non-hydrogen) atoms. The molecule has 0 saturated carbocycles. The molecule has 0 radical (unpaired) electrons. The highest BCUT2D eigenvalue weighted by Gasteiger charge is 2.19. The Balaban J connectivity index is 1.58. The van der Waals surface area contributed by atoms with Crippen LogP contribution in [0.15, 0.2) is 36.4 Å². The van der Waals surface area contributed by atoms with Crippen molar-refractivity contribution in [2.45, 2.75) is 51.1 Å². The lowest BCUT2D eigenvalue weighted by Crippen LogP contribution is -2.25. The first-order chi connectivity index (χ1) is 11.9. The highest BCUT2D eigenvalue weighted by Crippen LogP contribution is 2.35. The van der Waals surface area contributed by atoms with Crippen molar-refractivity contribution >= 4 is 10.8 Å². The third-order valence-corrected chi connectivity index (χ3v) is 4.64. The van der Waals surface area contributed by atoms with E-state index in [9.17, 15) is 0 Å². The van der Waals surface area contributed by atoms with Crippen molar-refractivity contribution in [3.05, 3.63) is 36.4 Å². The maximum Gasteiger partial charge on any atom is 0.199 e.